The Morgan fingerprint density at radius 2 is 0.567 bits per heavy atom. The fourth-order valence-electron chi connectivity index (χ4n) is 3.81. The van der Waals surface area contributed by atoms with Gasteiger partial charge in [-0.15, -0.1) is 79.5 Å². The molecule has 0 bridgehead atoms. The summed E-state index contributed by atoms with van der Waals surface area (Å²) < 4.78 is 0. The molecule has 4 radical (unpaired) electrons. The summed E-state index contributed by atoms with van der Waals surface area (Å²) in [5.74, 6) is 0. The molecule has 0 saturated heterocycles. The molecule has 0 aliphatic rings. The first-order valence-corrected chi connectivity index (χ1v) is 8.96. The quantitative estimate of drug-likeness (QED) is 0.208. The molecule has 0 aromatic heterocycles. The zero-order valence-corrected chi connectivity index (χ0v) is 21.1. The minimum absolute atomic E-state index is 0. The molecule has 0 heterocycles. The largest absolute Gasteiger partial charge is 4.00 e. The van der Waals surface area contributed by atoms with Crippen molar-refractivity contribution in [3.05, 3.63) is 109 Å². The molecule has 0 unspecified atom stereocenters. The van der Waals surface area contributed by atoms with Crippen molar-refractivity contribution in [3.8, 4) is 0 Å². The van der Waals surface area contributed by atoms with Gasteiger partial charge in [-0.25, -0.2) is 0 Å². The third-order valence-corrected chi connectivity index (χ3v) is 5.05. The molecule has 144 valence electrons. The van der Waals surface area contributed by atoms with E-state index in [1.54, 1.807) is 0 Å². The van der Waals surface area contributed by atoms with Crippen LogP contribution in [0, 0.1) is 0 Å². The van der Waals surface area contributed by atoms with Crippen LogP contribution in [-0.4, -0.2) is 11.0 Å². The van der Waals surface area contributed by atoms with E-state index in [1.165, 1.54) is 43.1 Å². The monoisotopic (exact) mass is 518 g/mol. The van der Waals surface area contributed by atoms with Gasteiger partial charge in [0.1, 0.15) is 0 Å². The number of hydrogen-bond acceptors (Lipinski definition) is 0. The Morgan fingerprint density at radius 3 is 0.800 bits per heavy atom. The molecule has 0 N–H and O–H groups in total. The molecule has 6 aromatic carbocycles. The number of fused-ring (bicyclic) bond motifs is 6. The summed E-state index contributed by atoms with van der Waals surface area (Å²) in [6.07, 6.45) is 0. The van der Waals surface area contributed by atoms with Crippen LogP contribution in [0.3, 0.4) is 0 Å². The molecule has 30 heavy (non-hydrogen) atoms. The van der Waals surface area contributed by atoms with E-state index in [1.807, 2.05) is 0 Å². The summed E-state index contributed by atoms with van der Waals surface area (Å²) >= 11 is 0. The second-order valence-electron chi connectivity index (χ2n) is 6.64. The SMILES string of the molecule is [Cl-].[Cl-].[Si].[Zr+4].c1ccc2c(c1)[cH-]c1ccccc12.c1ccc2c(c1)[cH-]c1ccccc12. The van der Waals surface area contributed by atoms with Crippen LogP contribution in [0.1, 0.15) is 0 Å². The van der Waals surface area contributed by atoms with Gasteiger partial charge in [-0.2, -0.15) is 0 Å². The van der Waals surface area contributed by atoms with E-state index < -0.39 is 0 Å². The first kappa shape index (κ1) is 26.3. The second-order valence-corrected chi connectivity index (χ2v) is 6.64. The van der Waals surface area contributed by atoms with Crippen LogP contribution in [0.5, 0.6) is 0 Å². The van der Waals surface area contributed by atoms with E-state index in [0.717, 1.165) is 0 Å². The van der Waals surface area contributed by atoms with Crippen molar-refractivity contribution in [1.82, 2.24) is 0 Å². The van der Waals surface area contributed by atoms with E-state index in [-0.39, 0.29) is 62.0 Å². The van der Waals surface area contributed by atoms with Crippen molar-refractivity contribution < 1.29 is 51.0 Å². The molecule has 4 heteroatoms. The Morgan fingerprint density at radius 1 is 0.367 bits per heavy atom. The standard InChI is InChI=1S/2C13H9.2ClH.Si.Zr/c2*1-3-7-12-10(5-1)9-11-6-2-4-8-13(11)12;;;;/h2*1-9H;2*1H;;/q2*-1;;;;+4/p-2. The molecule has 0 aliphatic heterocycles. The van der Waals surface area contributed by atoms with E-state index in [4.69, 9.17) is 0 Å². The molecule has 0 fully saturated rings. The fourth-order valence-corrected chi connectivity index (χ4v) is 3.81. The number of rotatable bonds is 0. The van der Waals surface area contributed by atoms with Gasteiger partial charge in [0.25, 0.3) is 0 Å². The first-order valence-electron chi connectivity index (χ1n) is 8.96. The van der Waals surface area contributed by atoms with Gasteiger partial charge < -0.3 is 24.8 Å². The van der Waals surface area contributed by atoms with Crippen LogP contribution in [0.2, 0.25) is 0 Å². The van der Waals surface area contributed by atoms with Crippen molar-refractivity contribution in [2.45, 2.75) is 0 Å². The van der Waals surface area contributed by atoms with Crippen molar-refractivity contribution in [1.29, 1.82) is 0 Å². The van der Waals surface area contributed by atoms with Crippen LogP contribution < -0.4 is 24.8 Å². The van der Waals surface area contributed by atoms with Gasteiger partial charge in [-0.05, 0) is 0 Å². The van der Waals surface area contributed by atoms with E-state index >= 15 is 0 Å². The van der Waals surface area contributed by atoms with Crippen molar-refractivity contribution in [3.63, 3.8) is 0 Å². The minimum Gasteiger partial charge on any atom is -1.00 e. The van der Waals surface area contributed by atoms with E-state index in [0.29, 0.717) is 0 Å². The van der Waals surface area contributed by atoms with Crippen LogP contribution >= 0.6 is 0 Å². The molecule has 0 saturated carbocycles. The predicted molar refractivity (Wildman–Crippen MR) is 120 cm³/mol. The van der Waals surface area contributed by atoms with Gasteiger partial charge >= 0.3 is 26.2 Å². The number of hydrogen-bond donors (Lipinski definition) is 0. The molecular formula is C26H18Cl2SiZr. The number of benzene rings is 4. The van der Waals surface area contributed by atoms with E-state index in [9.17, 15) is 0 Å². The maximum atomic E-state index is 2.24. The second kappa shape index (κ2) is 11.6. The Labute approximate surface area is 213 Å². The molecule has 0 nitrogen and oxygen atoms in total. The number of halogens is 2. The maximum absolute atomic E-state index is 2.24. The van der Waals surface area contributed by atoms with Gasteiger partial charge in [-0.3, -0.25) is 0 Å². The normalized spacial score (nSPS) is 9.60. The zero-order chi connectivity index (χ0) is 17.3. The third kappa shape index (κ3) is 4.95. The van der Waals surface area contributed by atoms with Gasteiger partial charge in [0.2, 0.25) is 0 Å². The summed E-state index contributed by atoms with van der Waals surface area (Å²) in [7, 11) is 0. The Bertz CT molecular complexity index is 1140. The first-order chi connectivity index (χ1) is 12.9. The van der Waals surface area contributed by atoms with Crippen LogP contribution in [-0.2, 0) is 26.2 Å². The van der Waals surface area contributed by atoms with Gasteiger partial charge in [0.05, 0.1) is 0 Å². The smallest absolute Gasteiger partial charge is 1.00 e. The molecule has 0 aliphatic carbocycles. The summed E-state index contributed by atoms with van der Waals surface area (Å²) in [5.41, 5.74) is 0. The molecule has 6 rings (SSSR count). The van der Waals surface area contributed by atoms with Crippen LogP contribution in [0.4, 0.5) is 0 Å². The third-order valence-electron chi connectivity index (χ3n) is 5.05. The van der Waals surface area contributed by atoms with Crippen molar-refractivity contribution >= 4 is 54.1 Å². The van der Waals surface area contributed by atoms with Gasteiger partial charge in [0, 0.05) is 11.0 Å². The average molecular weight is 521 g/mol. The van der Waals surface area contributed by atoms with Crippen molar-refractivity contribution in [2.24, 2.45) is 0 Å². The molecular weight excluding hydrogens is 503 g/mol. The maximum Gasteiger partial charge on any atom is 4.00 e. The zero-order valence-electron chi connectivity index (χ0n) is 16.1. The van der Waals surface area contributed by atoms with Gasteiger partial charge in [0.15, 0.2) is 0 Å². The van der Waals surface area contributed by atoms with Crippen molar-refractivity contribution in [2.75, 3.05) is 0 Å². The minimum atomic E-state index is 0. The summed E-state index contributed by atoms with van der Waals surface area (Å²) in [6, 6.07) is 38.5. The summed E-state index contributed by atoms with van der Waals surface area (Å²) in [4.78, 5) is 0. The fraction of sp³-hybridized carbons (Fsp3) is 0. The average Bonchev–Trinajstić information content (AvgIpc) is 3.27. The predicted octanol–water partition coefficient (Wildman–Crippen LogP) is 1.05. The Kier molecular flexibility index (Phi) is 10.2. The molecule has 6 aromatic rings. The summed E-state index contributed by atoms with van der Waals surface area (Å²) in [6.45, 7) is 0. The molecule has 0 amide bonds. The topological polar surface area (TPSA) is 0 Å². The Hall–Kier alpha value is -1.70. The van der Waals surface area contributed by atoms with Gasteiger partial charge in [-0.1, -0.05) is 72.8 Å². The van der Waals surface area contributed by atoms with Crippen LogP contribution in [0.15, 0.2) is 109 Å². The molecule has 0 atom stereocenters. The van der Waals surface area contributed by atoms with E-state index in [2.05, 4.69) is 109 Å². The summed E-state index contributed by atoms with van der Waals surface area (Å²) in [5, 5.41) is 10.8. The molecule has 0 spiro atoms. The Balaban J connectivity index is 0.000000265. The van der Waals surface area contributed by atoms with Crippen LogP contribution in [0.25, 0.3) is 43.1 Å².